The number of likely N-dealkylation sites (tertiary alicyclic amines) is 1. The van der Waals surface area contributed by atoms with Crippen LogP contribution in [0.4, 0.5) is 5.69 Å². The number of aliphatic hydroxyl groups excluding tert-OH is 1. The lowest BCUT2D eigenvalue weighted by atomic mass is 10.1. The van der Waals surface area contributed by atoms with E-state index in [0.29, 0.717) is 22.8 Å². The third kappa shape index (κ3) is 2.37. The van der Waals surface area contributed by atoms with Gasteiger partial charge in [0.25, 0.3) is 5.91 Å². The number of rotatable bonds is 2. The number of hydrogen-bond acceptors (Lipinski definition) is 3. The molecule has 17 heavy (non-hydrogen) atoms. The molecule has 0 saturated carbocycles. The fraction of sp³-hybridized carbons (Fsp3) is 0.417. The van der Waals surface area contributed by atoms with Gasteiger partial charge in [0.05, 0.1) is 23.4 Å². The van der Waals surface area contributed by atoms with Crippen LogP contribution in [0.5, 0.6) is 0 Å². The van der Waals surface area contributed by atoms with E-state index in [4.69, 9.17) is 17.3 Å². The van der Waals surface area contributed by atoms with Crippen molar-refractivity contribution >= 4 is 23.2 Å². The second-order valence-corrected chi connectivity index (χ2v) is 4.62. The van der Waals surface area contributed by atoms with Gasteiger partial charge in [-0.05, 0) is 31.0 Å². The molecule has 1 aromatic rings. The topological polar surface area (TPSA) is 66.6 Å². The maximum Gasteiger partial charge on any atom is 0.254 e. The molecule has 1 atom stereocenters. The zero-order valence-electron chi connectivity index (χ0n) is 9.40. The molecule has 0 spiro atoms. The van der Waals surface area contributed by atoms with Gasteiger partial charge < -0.3 is 15.7 Å². The van der Waals surface area contributed by atoms with Gasteiger partial charge in [0.15, 0.2) is 0 Å². The Kier molecular flexibility index (Phi) is 3.54. The van der Waals surface area contributed by atoms with Crippen LogP contribution in [0.3, 0.4) is 0 Å². The van der Waals surface area contributed by atoms with E-state index in [1.807, 2.05) is 0 Å². The van der Waals surface area contributed by atoms with Crippen LogP contribution >= 0.6 is 11.6 Å². The summed E-state index contributed by atoms with van der Waals surface area (Å²) in [4.78, 5) is 13.9. The van der Waals surface area contributed by atoms with E-state index in [1.54, 1.807) is 23.1 Å². The first kappa shape index (κ1) is 12.2. The van der Waals surface area contributed by atoms with Gasteiger partial charge in [-0.15, -0.1) is 0 Å². The van der Waals surface area contributed by atoms with Crippen molar-refractivity contribution in [3.8, 4) is 0 Å². The van der Waals surface area contributed by atoms with Crippen molar-refractivity contribution in [2.24, 2.45) is 0 Å². The molecule has 5 heteroatoms. The Morgan fingerprint density at radius 1 is 1.59 bits per heavy atom. The number of anilines is 1. The molecule has 4 nitrogen and oxygen atoms in total. The third-order valence-corrected chi connectivity index (χ3v) is 3.42. The van der Waals surface area contributed by atoms with Gasteiger partial charge in [-0.1, -0.05) is 11.6 Å². The standard InChI is InChI=1S/C12H15ClN2O2/c13-10-6-8(3-4-11(10)14)12(17)15-5-1-2-9(15)7-16/h3-4,6,9,16H,1-2,5,7,14H2. The largest absolute Gasteiger partial charge is 0.398 e. The van der Waals surface area contributed by atoms with Crippen LogP contribution in [0.1, 0.15) is 23.2 Å². The summed E-state index contributed by atoms with van der Waals surface area (Å²) in [6.07, 6.45) is 1.78. The Morgan fingerprint density at radius 2 is 2.35 bits per heavy atom. The molecule has 0 radical (unpaired) electrons. The summed E-state index contributed by atoms with van der Waals surface area (Å²) < 4.78 is 0. The highest BCUT2D eigenvalue weighted by atomic mass is 35.5. The number of carbonyl (C=O) groups is 1. The highest BCUT2D eigenvalue weighted by Gasteiger charge is 2.28. The van der Waals surface area contributed by atoms with Gasteiger partial charge in [-0.2, -0.15) is 0 Å². The van der Waals surface area contributed by atoms with Crippen LogP contribution in [-0.2, 0) is 0 Å². The SMILES string of the molecule is Nc1ccc(C(=O)N2CCCC2CO)cc1Cl. The normalized spacial score (nSPS) is 19.6. The smallest absolute Gasteiger partial charge is 0.254 e. The van der Waals surface area contributed by atoms with Crippen molar-refractivity contribution < 1.29 is 9.90 Å². The molecule has 1 heterocycles. The average molecular weight is 255 g/mol. The molecule has 1 amide bonds. The summed E-state index contributed by atoms with van der Waals surface area (Å²) in [6.45, 7) is 0.695. The lowest BCUT2D eigenvalue weighted by Crippen LogP contribution is -2.37. The summed E-state index contributed by atoms with van der Waals surface area (Å²) in [5.74, 6) is -0.0940. The predicted molar refractivity (Wildman–Crippen MR) is 67.0 cm³/mol. The first-order chi connectivity index (χ1) is 8.13. The van der Waals surface area contributed by atoms with E-state index in [9.17, 15) is 9.90 Å². The van der Waals surface area contributed by atoms with Gasteiger partial charge in [0.1, 0.15) is 0 Å². The van der Waals surface area contributed by atoms with Crippen molar-refractivity contribution in [2.75, 3.05) is 18.9 Å². The zero-order valence-corrected chi connectivity index (χ0v) is 10.2. The Balaban J connectivity index is 2.21. The molecule has 0 aromatic heterocycles. The Labute approximate surface area is 105 Å². The van der Waals surface area contributed by atoms with Crippen LogP contribution in [0.15, 0.2) is 18.2 Å². The van der Waals surface area contributed by atoms with E-state index < -0.39 is 0 Å². The summed E-state index contributed by atoms with van der Waals surface area (Å²) >= 11 is 5.89. The Bertz CT molecular complexity index is 437. The number of nitrogen functional groups attached to an aromatic ring is 1. The Hall–Kier alpha value is -1.26. The van der Waals surface area contributed by atoms with E-state index in [2.05, 4.69) is 0 Å². The lowest BCUT2D eigenvalue weighted by Gasteiger charge is -2.23. The summed E-state index contributed by atoms with van der Waals surface area (Å²) in [5, 5.41) is 9.58. The van der Waals surface area contributed by atoms with Crippen molar-refractivity contribution in [1.29, 1.82) is 0 Å². The maximum atomic E-state index is 12.2. The van der Waals surface area contributed by atoms with Crippen LogP contribution in [-0.4, -0.2) is 35.1 Å². The molecule has 92 valence electrons. The van der Waals surface area contributed by atoms with Gasteiger partial charge >= 0.3 is 0 Å². The van der Waals surface area contributed by atoms with E-state index in [0.717, 1.165) is 12.8 Å². The highest BCUT2D eigenvalue weighted by Crippen LogP contribution is 2.24. The number of carbonyl (C=O) groups excluding carboxylic acids is 1. The molecule has 1 saturated heterocycles. The minimum atomic E-state index is -0.0940. The molecule has 0 bridgehead atoms. The minimum absolute atomic E-state index is 0.00838. The number of halogens is 1. The zero-order chi connectivity index (χ0) is 12.4. The average Bonchev–Trinajstić information content (AvgIpc) is 2.80. The second kappa shape index (κ2) is 4.94. The summed E-state index contributed by atoms with van der Waals surface area (Å²) in [7, 11) is 0. The number of aliphatic hydroxyl groups is 1. The van der Waals surface area contributed by atoms with Crippen molar-refractivity contribution in [2.45, 2.75) is 18.9 Å². The molecular weight excluding hydrogens is 240 g/mol. The van der Waals surface area contributed by atoms with Gasteiger partial charge in [-0.25, -0.2) is 0 Å². The van der Waals surface area contributed by atoms with Crippen LogP contribution in [0.25, 0.3) is 0 Å². The number of amides is 1. The molecule has 0 aliphatic carbocycles. The number of hydrogen-bond donors (Lipinski definition) is 2. The fourth-order valence-electron chi connectivity index (χ4n) is 2.12. The van der Waals surface area contributed by atoms with Gasteiger partial charge in [0.2, 0.25) is 0 Å². The number of benzene rings is 1. The van der Waals surface area contributed by atoms with Crippen molar-refractivity contribution in [3.05, 3.63) is 28.8 Å². The van der Waals surface area contributed by atoms with Crippen LogP contribution < -0.4 is 5.73 Å². The summed E-state index contributed by atoms with van der Waals surface area (Å²) in [5.41, 5.74) is 6.58. The van der Waals surface area contributed by atoms with Crippen LogP contribution in [0, 0.1) is 0 Å². The molecule has 3 N–H and O–H groups in total. The Morgan fingerprint density at radius 3 is 3.00 bits per heavy atom. The molecule has 1 aliphatic heterocycles. The maximum absolute atomic E-state index is 12.2. The van der Waals surface area contributed by atoms with Crippen LogP contribution in [0.2, 0.25) is 5.02 Å². The molecule has 1 fully saturated rings. The first-order valence-electron chi connectivity index (χ1n) is 5.60. The predicted octanol–water partition coefficient (Wildman–Crippen LogP) is 1.52. The lowest BCUT2D eigenvalue weighted by molar-refractivity contribution is 0.0677. The molecule has 1 aliphatic rings. The molecule has 2 rings (SSSR count). The fourth-order valence-corrected chi connectivity index (χ4v) is 2.30. The van der Waals surface area contributed by atoms with Gasteiger partial charge in [0, 0.05) is 12.1 Å². The molecule has 1 unspecified atom stereocenters. The number of nitrogens with two attached hydrogens (primary N) is 1. The second-order valence-electron chi connectivity index (χ2n) is 4.21. The molecular formula is C12H15ClN2O2. The van der Waals surface area contributed by atoms with Gasteiger partial charge in [-0.3, -0.25) is 4.79 Å². The molecule has 1 aromatic carbocycles. The number of nitrogens with zero attached hydrogens (tertiary/aromatic N) is 1. The quantitative estimate of drug-likeness (QED) is 0.787. The highest BCUT2D eigenvalue weighted by molar-refractivity contribution is 6.33. The van der Waals surface area contributed by atoms with E-state index >= 15 is 0 Å². The summed E-state index contributed by atoms with van der Waals surface area (Å²) in [6, 6.07) is 4.79. The van der Waals surface area contributed by atoms with Crippen molar-refractivity contribution in [3.63, 3.8) is 0 Å². The first-order valence-corrected chi connectivity index (χ1v) is 5.98. The monoisotopic (exact) mass is 254 g/mol. The van der Waals surface area contributed by atoms with Crippen molar-refractivity contribution in [1.82, 2.24) is 4.90 Å². The van der Waals surface area contributed by atoms with E-state index in [-0.39, 0.29) is 18.6 Å². The van der Waals surface area contributed by atoms with E-state index in [1.165, 1.54) is 0 Å². The minimum Gasteiger partial charge on any atom is -0.398 e. The third-order valence-electron chi connectivity index (χ3n) is 3.10.